The van der Waals surface area contributed by atoms with Crippen LogP contribution in [0.4, 0.5) is 5.69 Å². The van der Waals surface area contributed by atoms with Gasteiger partial charge in [-0.1, -0.05) is 29.8 Å². The van der Waals surface area contributed by atoms with Crippen LogP contribution in [-0.4, -0.2) is 41.2 Å². The molecule has 1 aliphatic heterocycles. The summed E-state index contributed by atoms with van der Waals surface area (Å²) in [5.74, 6) is -2.41. The first-order valence-corrected chi connectivity index (χ1v) is 9.45. The van der Waals surface area contributed by atoms with Gasteiger partial charge in [0.2, 0.25) is 11.8 Å². The minimum atomic E-state index is -1.04. The summed E-state index contributed by atoms with van der Waals surface area (Å²) >= 11 is 0. The van der Waals surface area contributed by atoms with Crippen LogP contribution in [0.15, 0.2) is 36.4 Å². The Morgan fingerprint density at radius 1 is 1.11 bits per heavy atom. The Kier molecular flexibility index (Phi) is 4.53. The van der Waals surface area contributed by atoms with Gasteiger partial charge in [0.1, 0.15) is 6.04 Å². The summed E-state index contributed by atoms with van der Waals surface area (Å²) in [7, 11) is 0. The smallest absolute Gasteiger partial charge is 0.329 e. The molecule has 2 bridgehead atoms. The summed E-state index contributed by atoms with van der Waals surface area (Å²) in [5, 5.41) is 2.63. The van der Waals surface area contributed by atoms with E-state index in [1.807, 2.05) is 31.2 Å². The monoisotopic (exact) mass is 382 g/mol. The number of nitrogens with one attached hydrogen (secondary N) is 1. The molecule has 2 fully saturated rings. The molecular weight excluding hydrogens is 360 g/mol. The fraction of sp³-hybridized carbons (Fsp3) is 0.429. The fourth-order valence-corrected chi connectivity index (χ4v) is 4.50. The van der Waals surface area contributed by atoms with Crippen molar-refractivity contribution in [3.8, 4) is 0 Å². The Morgan fingerprint density at radius 2 is 1.68 bits per heavy atom. The van der Waals surface area contributed by atoms with Crippen molar-refractivity contribution < 1.29 is 23.9 Å². The number of hydrogen-bond donors (Lipinski definition) is 1. The summed E-state index contributed by atoms with van der Waals surface area (Å²) in [6, 6.07) is 6.17. The number of likely N-dealkylation sites (tertiary alicyclic amines) is 1. The Balaban J connectivity index is 1.34. The van der Waals surface area contributed by atoms with Crippen LogP contribution in [0.2, 0.25) is 0 Å². The molecule has 2 aliphatic carbocycles. The maximum Gasteiger partial charge on any atom is 0.329 e. The van der Waals surface area contributed by atoms with Gasteiger partial charge in [-0.05, 0) is 44.2 Å². The Morgan fingerprint density at radius 3 is 2.25 bits per heavy atom. The van der Waals surface area contributed by atoms with Crippen LogP contribution in [0.5, 0.6) is 0 Å². The SMILES string of the molecule is Cc1ccc(NC(=O)COC(=O)[C@H](C)N2C(=O)[C@@H]3[C@H](C2=O)[C@H]2C=C[C@H]3C2)cc1. The fourth-order valence-electron chi connectivity index (χ4n) is 4.50. The van der Waals surface area contributed by atoms with Crippen molar-refractivity contribution in [1.29, 1.82) is 0 Å². The normalized spacial score (nSPS) is 28.4. The Bertz CT molecular complexity index is 845. The highest BCUT2D eigenvalue weighted by molar-refractivity contribution is 6.09. The summed E-state index contributed by atoms with van der Waals surface area (Å²) in [4.78, 5) is 50.8. The number of fused-ring (bicyclic) bond motifs is 5. The lowest BCUT2D eigenvalue weighted by molar-refractivity contribution is -0.159. The molecule has 1 heterocycles. The van der Waals surface area contributed by atoms with Crippen molar-refractivity contribution in [3.63, 3.8) is 0 Å². The molecule has 7 nitrogen and oxygen atoms in total. The third-order valence-electron chi connectivity index (χ3n) is 5.91. The maximum atomic E-state index is 12.7. The van der Waals surface area contributed by atoms with E-state index in [1.54, 1.807) is 12.1 Å². The molecule has 1 saturated heterocycles. The second kappa shape index (κ2) is 6.89. The zero-order chi connectivity index (χ0) is 20.0. The zero-order valence-corrected chi connectivity index (χ0v) is 15.8. The number of ether oxygens (including phenoxy) is 1. The van der Waals surface area contributed by atoms with Crippen LogP contribution in [0.1, 0.15) is 18.9 Å². The number of amides is 3. The molecule has 0 radical (unpaired) electrons. The number of allylic oxidation sites excluding steroid dienone is 2. The van der Waals surface area contributed by atoms with Gasteiger partial charge in [-0.15, -0.1) is 0 Å². The van der Waals surface area contributed by atoms with Crippen LogP contribution >= 0.6 is 0 Å². The van der Waals surface area contributed by atoms with Crippen molar-refractivity contribution >= 4 is 29.4 Å². The van der Waals surface area contributed by atoms with Crippen LogP contribution in [0.3, 0.4) is 0 Å². The summed E-state index contributed by atoms with van der Waals surface area (Å²) in [6.07, 6.45) is 4.83. The van der Waals surface area contributed by atoms with E-state index in [2.05, 4.69) is 5.32 Å². The number of carbonyl (C=O) groups is 4. The molecule has 0 aromatic heterocycles. The number of anilines is 1. The van der Waals surface area contributed by atoms with Gasteiger partial charge in [0.25, 0.3) is 5.91 Å². The van der Waals surface area contributed by atoms with Gasteiger partial charge in [0.05, 0.1) is 11.8 Å². The second-order valence-electron chi connectivity index (χ2n) is 7.74. The van der Waals surface area contributed by atoms with Crippen molar-refractivity contribution in [1.82, 2.24) is 4.90 Å². The van der Waals surface area contributed by atoms with E-state index < -0.39 is 24.5 Å². The van der Waals surface area contributed by atoms with E-state index in [1.165, 1.54) is 6.92 Å². The van der Waals surface area contributed by atoms with Crippen molar-refractivity contribution in [3.05, 3.63) is 42.0 Å². The topological polar surface area (TPSA) is 92.8 Å². The van der Waals surface area contributed by atoms with Gasteiger partial charge < -0.3 is 10.1 Å². The summed E-state index contributed by atoms with van der Waals surface area (Å²) < 4.78 is 5.05. The number of esters is 1. The lowest BCUT2D eigenvalue weighted by Crippen LogP contribution is -2.45. The molecule has 0 unspecified atom stereocenters. The molecule has 28 heavy (non-hydrogen) atoms. The van der Waals surface area contributed by atoms with Crippen LogP contribution in [0, 0.1) is 30.6 Å². The highest BCUT2D eigenvalue weighted by Gasteiger charge is 2.60. The van der Waals surface area contributed by atoms with Gasteiger partial charge >= 0.3 is 5.97 Å². The van der Waals surface area contributed by atoms with Crippen LogP contribution in [0.25, 0.3) is 0 Å². The zero-order valence-electron chi connectivity index (χ0n) is 15.8. The van der Waals surface area contributed by atoms with Crippen LogP contribution in [-0.2, 0) is 23.9 Å². The molecule has 5 atom stereocenters. The van der Waals surface area contributed by atoms with Crippen LogP contribution < -0.4 is 5.32 Å². The average molecular weight is 382 g/mol. The number of carbonyl (C=O) groups excluding carboxylic acids is 4. The number of nitrogens with zero attached hydrogens (tertiary/aromatic N) is 1. The average Bonchev–Trinajstić information content (AvgIpc) is 3.35. The van der Waals surface area contributed by atoms with Gasteiger partial charge in [-0.3, -0.25) is 19.3 Å². The number of imide groups is 1. The van der Waals surface area contributed by atoms with E-state index in [0.717, 1.165) is 16.9 Å². The Labute approximate surface area is 162 Å². The molecule has 1 aromatic rings. The van der Waals surface area contributed by atoms with E-state index in [4.69, 9.17) is 4.74 Å². The lowest BCUT2D eigenvalue weighted by Gasteiger charge is -2.23. The van der Waals surface area contributed by atoms with Gasteiger partial charge in [0.15, 0.2) is 6.61 Å². The highest BCUT2D eigenvalue weighted by Crippen LogP contribution is 2.52. The largest absolute Gasteiger partial charge is 0.454 e. The highest BCUT2D eigenvalue weighted by atomic mass is 16.5. The van der Waals surface area contributed by atoms with Crippen molar-refractivity contribution in [2.75, 3.05) is 11.9 Å². The predicted octanol–water partition coefficient (Wildman–Crippen LogP) is 1.67. The van der Waals surface area contributed by atoms with E-state index in [0.29, 0.717) is 5.69 Å². The molecule has 1 N–H and O–H groups in total. The van der Waals surface area contributed by atoms with E-state index in [9.17, 15) is 19.2 Å². The minimum absolute atomic E-state index is 0.0833. The molecule has 1 saturated carbocycles. The molecule has 3 aliphatic rings. The third-order valence-corrected chi connectivity index (χ3v) is 5.91. The first-order valence-electron chi connectivity index (χ1n) is 9.45. The first kappa shape index (κ1) is 18.4. The minimum Gasteiger partial charge on any atom is -0.454 e. The summed E-state index contributed by atoms with van der Waals surface area (Å²) in [6.45, 7) is 2.92. The maximum absolute atomic E-state index is 12.7. The lowest BCUT2D eigenvalue weighted by atomic mass is 9.85. The first-order chi connectivity index (χ1) is 13.4. The van der Waals surface area contributed by atoms with Crippen molar-refractivity contribution in [2.45, 2.75) is 26.3 Å². The molecule has 146 valence electrons. The van der Waals surface area contributed by atoms with Crippen molar-refractivity contribution in [2.24, 2.45) is 23.7 Å². The quantitative estimate of drug-likeness (QED) is 0.475. The second-order valence-corrected chi connectivity index (χ2v) is 7.74. The number of benzene rings is 1. The summed E-state index contributed by atoms with van der Waals surface area (Å²) in [5.41, 5.74) is 1.66. The predicted molar refractivity (Wildman–Crippen MR) is 99.8 cm³/mol. The van der Waals surface area contributed by atoms with Gasteiger partial charge in [-0.25, -0.2) is 4.79 Å². The number of rotatable bonds is 5. The molecule has 1 aromatic carbocycles. The molecule has 0 spiro atoms. The molecular formula is C21H22N2O5. The molecule has 3 amide bonds. The third kappa shape index (κ3) is 3.00. The van der Waals surface area contributed by atoms with Gasteiger partial charge in [-0.2, -0.15) is 0 Å². The Hall–Kier alpha value is -2.96. The number of hydrogen-bond acceptors (Lipinski definition) is 5. The van der Waals surface area contributed by atoms with E-state index >= 15 is 0 Å². The number of aryl methyl sites for hydroxylation is 1. The standard InChI is InChI=1S/C21H22N2O5/c1-11-3-7-15(8-4-11)22-16(24)10-28-21(27)12(2)23-19(25)17-13-5-6-14(9-13)18(17)20(23)26/h3-8,12-14,17-18H,9-10H2,1-2H3,(H,22,24)/t12-,13-,14-,17-,18+/m0/s1. The molecule has 7 heteroatoms. The van der Waals surface area contributed by atoms with Gasteiger partial charge in [0, 0.05) is 5.69 Å². The van der Waals surface area contributed by atoms with E-state index in [-0.39, 0.29) is 35.5 Å². The molecule has 4 rings (SSSR count).